The summed E-state index contributed by atoms with van der Waals surface area (Å²) in [5, 5.41) is 8.22. The van der Waals surface area contributed by atoms with Crippen LogP contribution in [0.2, 0.25) is 0 Å². The van der Waals surface area contributed by atoms with Crippen LogP contribution in [0.5, 0.6) is 0 Å². The van der Waals surface area contributed by atoms with Crippen molar-refractivity contribution in [1.29, 1.82) is 0 Å². The Balaban J connectivity index is 1.30. The maximum atomic E-state index is 13.0. The summed E-state index contributed by atoms with van der Waals surface area (Å²) < 4.78 is 7.88. The molecule has 3 aliphatic heterocycles. The van der Waals surface area contributed by atoms with Crippen molar-refractivity contribution in [2.45, 2.75) is 44.4 Å². The number of carbonyl (C=O) groups is 1. The van der Waals surface area contributed by atoms with E-state index in [4.69, 9.17) is 4.74 Å². The third-order valence-electron chi connectivity index (χ3n) is 6.05. The lowest BCUT2D eigenvalue weighted by Gasteiger charge is -2.41. The number of fused-ring (bicyclic) bond motifs is 3. The molecule has 0 unspecified atom stereocenters. The van der Waals surface area contributed by atoms with Crippen LogP contribution < -0.4 is 4.90 Å². The Kier molecular flexibility index (Phi) is 4.32. The Labute approximate surface area is 158 Å². The average molecular weight is 367 g/mol. The smallest absolute Gasteiger partial charge is 0.253 e. The van der Waals surface area contributed by atoms with Gasteiger partial charge in [0.1, 0.15) is 0 Å². The number of amides is 1. The molecule has 0 saturated carbocycles. The standard InChI is InChI=1S/C20H25N5O2/c26-20(15-4-6-16(7-5-15)23-9-2-1-3-10-23)24-11-8-19-18(13-24)25-17(14-27-19)12-21-22-25/h4-7,12,18-19H,1-3,8-11,13-14H2/t18-,19+/m1/s1. The number of hydrogen-bond acceptors (Lipinski definition) is 5. The van der Waals surface area contributed by atoms with Gasteiger partial charge in [-0.15, -0.1) is 5.10 Å². The fraction of sp³-hybridized carbons (Fsp3) is 0.550. The van der Waals surface area contributed by atoms with Gasteiger partial charge in [-0.1, -0.05) is 5.21 Å². The molecule has 1 amide bonds. The Bertz CT molecular complexity index is 812. The highest BCUT2D eigenvalue weighted by Gasteiger charge is 2.38. The molecule has 2 aromatic rings. The van der Waals surface area contributed by atoms with Crippen LogP contribution in [-0.4, -0.2) is 58.1 Å². The number of benzene rings is 1. The molecule has 0 spiro atoms. The molecule has 3 aliphatic rings. The predicted molar refractivity (Wildman–Crippen MR) is 101 cm³/mol. The van der Waals surface area contributed by atoms with Crippen LogP contribution in [0.4, 0.5) is 5.69 Å². The highest BCUT2D eigenvalue weighted by atomic mass is 16.5. The summed E-state index contributed by atoms with van der Waals surface area (Å²) in [5.74, 6) is 0.0888. The van der Waals surface area contributed by atoms with E-state index in [0.717, 1.165) is 37.3 Å². The number of ether oxygens (including phenoxy) is 1. The van der Waals surface area contributed by atoms with E-state index in [2.05, 4.69) is 27.3 Å². The van der Waals surface area contributed by atoms with Crippen molar-refractivity contribution in [2.24, 2.45) is 0 Å². The van der Waals surface area contributed by atoms with Crippen molar-refractivity contribution in [1.82, 2.24) is 19.9 Å². The molecule has 0 radical (unpaired) electrons. The third-order valence-corrected chi connectivity index (χ3v) is 6.05. The molecule has 2 fully saturated rings. The molecule has 7 nitrogen and oxygen atoms in total. The average Bonchev–Trinajstić information content (AvgIpc) is 3.23. The first-order valence-electron chi connectivity index (χ1n) is 9.94. The van der Waals surface area contributed by atoms with E-state index in [1.54, 1.807) is 6.20 Å². The van der Waals surface area contributed by atoms with Gasteiger partial charge in [0, 0.05) is 37.4 Å². The van der Waals surface area contributed by atoms with Crippen molar-refractivity contribution >= 4 is 11.6 Å². The van der Waals surface area contributed by atoms with Crippen LogP contribution in [0, 0.1) is 0 Å². The number of hydrogen-bond donors (Lipinski definition) is 0. The molecule has 27 heavy (non-hydrogen) atoms. The Morgan fingerprint density at radius 3 is 2.70 bits per heavy atom. The van der Waals surface area contributed by atoms with Gasteiger partial charge in [0.2, 0.25) is 0 Å². The van der Waals surface area contributed by atoms with E-state index in [-0.39, 0.29) is 18.1 Å². The molecule has 0 N–H and O–H groups in total. The lowest BCUT2D eigenvalue weighted by Crippen LogP contribution is -2.49. The van der Waals surface area contributed by atoms with Crippen LogP contribution in [0.25, 0.3) is 0 Å². The topological polar surface area (TPSA) is 63.5 Å². The second-order valence-electron chi connectivity index (χ2n) is 7.72. The highest BCUT2D eigenvalue weighted by Crippen LogP contribution is 2.31. The maximum Gasteiger partial charge on any atom is 0.253 e. The first kappa shape index (κ1) is 16.7. The van der Waals surface area contributed by atoms with Gasteiger partial charge in [-0.25, -0.2) is 4.68 Å². The van der Waals surface area contributed by atoms with E-state index in [9.17, 15) is 4.79 Å². The highest BCUT2D eigenvalue weighted by molar-refractivity contribution is 5.94. The molecule has 4 heterocycles. The van der Waals surface area contributed by atoms with Gasteiger partial charge in [-0.2, -0.15) is 0 Å². The van der Waals surface area contributed by atoms with Crippen molar-refractivity contribution in [3.8, 4) is 0 Å². The fourth-order valence-electron chi connectivity index (χ4n) is 4.51. The summed E-state index contributed by atoms with van der Waals surface area (Å²) in [6, 6.07) is 8.17. The quantitative estimate of drug-likeness (QED) is 0.815. The molecule has 5 rings (SSSR count). The second-order valence-corrected chi connectivity index (χ2v) is 7.72. The number of carbonyl (C=O) groups excluding carboxylic acids is 1. The van der Waals surface area contributed by atoms with E-state index in [1.165, 1.54) is 24.9 Å². The molecular formula is C20H25N5O2. The summed E-state index contributed by atoms with van der Waals surface area (Å²) in [5.41, 5.74) is 2.96. The van der Waals surface area contributed by atoms with E-state index in [0.29, 0.717) is 13.2 Å². The van der Waals surface area contributed by atoms with Gasteiger partial charge in [0.05, 0.1) is 30.6 Å². The summed E-state index contributed by atoms with van der Waals surface area (Å²) in [6.07, 6.45) is 6.52. The Hall–Kier alpha value is -2.41. The number of rotatable bonds is 2. The Morgan fingerprint density at radius 2 is 1.89 bits per heavy atom. The lowest BCUT2D eigenvalue weighted by molar-refractivity contribution is -0.0605. The molecule has 2 atom stereocenters. The molecule has 1 aromatic carbocycles. The summed E-state index contributed by atoms with van der Waals surface area (Å²) in [4.78, 5) is 17.4. The van der Waals surface area contributed by atoms with E-state index < -0.39 is 0 Å². The monoisotopic (exact) mass is 367 g/mol. The SMILES string of the molecule is O=C(c1ccc(N2CCCCC2)cc1)N1CC[C@@H]2OCc3cnnn3[C@@H]2C1. The van der Waals surface area contributed by atoms with Gasteiger partial charge in [-0.3, -0.25) is 4.79 Å². The van der Waals surface area contributed by atoms with Crippen LogP contribution in [-0.2, 0) is 11.3 Å². The summed E-state index contributed by atoms with van der Waals surface area (Å²) >= 11 is 0. The van der Waals surface area contributed by atoms with Crippen molar-refractivity contribution < 1.29 is 9.53 Å². The summed E-state index contributed by atoms with van der Waals surface area (Å²) in [6.45, 7) is 4.12. The van der Waals surface area contributed by atoms with E-state index >= 15 is 0 Å². The predicted octanol–water partition coefficient (Wildman–Crippen LogP) is 2.25. The number of nitrogens with zero attached hydrogens (tertiary/aromatic N) is 5. The first-order valence-corrected chi connectivity index (χ1v) is 9.94. The zero-order valence-corrected chi connectivity index (χ0v) is 15.5. The Morgan fingerprint density at radius 1 is 1.07 bits per heavy atom. The zero-order chi connectivity index (χ0) is 18.2. The number of anilines is 1. The second kappa shape index (κ2) is 6.96. The molecule has 7 heteroatoms. The molecule has 2 saturated heterocycles. The largest absolute Gasteiger partial charge is 0.372 e. The molecule has 142 valence electrons. The van der Waals surface area contributed by atoms with Crippen LogP contribution >= 0.6 is 0 Å². The fourth-order valence-corrected chi connectivity index (χ4v) is 4.51. The lowest BCUT2D eigenvalue weighted by atomic mass is 9.99. The number of piperidine rings is 2. The van der Waals surface area contributed by atoms with Gasteiger partial charge in [0.25, 0.3) is 5.91 Å². The van der Waals surface area contributed by atoms with Crippen molar-refractivity contribution in [3.05, 3.63) is 41.7 Å². The van der Waals surface area contributed by atoms with Crippen molar-refractivity contribution in [3.63, 3.8) is 0 Å². The molecule has 0 bridgehead atoms. The summed E-state index contributed by atoms with van der Waals surface area (Å²) in [7, 11) is 0. The third kappa shape index (κ3) is 3.10. The van der Waals surface area contributed by atoms with Crippen LogP contribution in [0.1, 0.15) is 47.8 Å². The van der Waals surface area contributed by atoms with E-state index in [1.807, 2.05) is 21.7 Å². The van der Waals surface area contributed by atoms with Gasteiger partial charge in [0.15, 0.2) is 0 Å². The maximum absolute atomic E-state index is 13.0. The van der Waals surface area contributed by atoms with Gasteiger partial charge in [-0.05, 0) is 49.9 Å². The molecule has 0 aliphatic carbocycles. The minimum atomic E-state index is 0.0570. The minimum Gasteiger partial charge on any atom is -0.372 e. The molecular weight excluding hydrogens is 342 g/mol. The normalized spacial score (nSPS) is 25.0. The van der Waals surface area contributed by atoms with Crippen LogP contribution in [0.15, 0.2) is 30.5 Å². The van der Waals surface area contributed by atoms with Crippen LogP contribution in [0.3, 0.4) is 0 Å². The number of likely N-dealkylation sites (tertiary alicyclic amines) is 1. The van der Waals surface area contributed by atoms with Crippen molar-refractivity contribution in [2.75, 3.05) is 31.1 Å². The number of aromatic nitrogens is 3. The minimum absolute atomic E-state index is 0.0570. The van der Waals surface area contributed by atoms with Gasteiger partial charge < -0.3 is 14.5 Å². The molecule has 1 aromatic heterocycles. The first-order chi connectivity index (χ1) is 13.3. The zero-order valence-electron chi connectivity index (χ0n) is 15.5. The van der Waals surface area contributed by atoms with Gasteiger partial charge >= 0.3 is 0 Å².